The van der Waals surface area contributed by atoms with E-state index in [0.29, 0.717) is 43.1 Å². The fourth-order valence-corrected chi connectivity index (χ4v) is 2.09. The molecule has 0 heterocycles. The molecule has 0 saturated carbocycles. The number of hydrogen-bond acceptors (Lipinski definition) is 5. The second-order valence-corrected chi connectivity index (χ2v) is 4.88. The number of ether oxygens (including phenoxy) is 3. The van der Waals surface area contributed by atoms with Crippen LogP contribution in [0.2, 0.25) is 0 Å². The Kier molecular flexibility index (Phi) is 7.73. The molecule has 0 fully saturated rings. The molecule has 2 N–H and O–H groups in total. The van der Waals surface area contributed by atoms with E-state index in [-0.39, 0.29) is 12.3 Å². The van der Waals surface area contributed by atoms with Gasteiger partial charge in [-0.3, -0.25) is 9.59 Å². The highest BCUT2D eigenvalue weighted by molar-refractivity contribution is 5.76. The molecular formula is C16H23NO6. The lowest BCUT2D eigenvalue weighted by molar-refractivity contribution is -0.137. The van der Waals surface area contributed by atoms with Crippen molar-refractivity contribution in [3.05, 3.63) is 17.7 Å². The molecule has 1 aromatic carbocycles. The highest BCUT2D eigenvalue weighted by Gasteiger charge is 2.13. The largest absolute Gasteiger partial charge is 0.493 e. The average Bonchev–Trinajstić information content (AvgIpc) is 2.55. The minimum Gasteiger partial charge on any atom is -0.493 e. The number of hydrogen-bond donors (Lipinski definition) is 2. The van der Waals surface area contributed by atoms with Gasteiger partial charge in [0.2, 0.25) is 11.7 Å². The van der Waals surface area contributed by atoms with E-state index in [1.54, 1.807) is 12.1 Å². The van der Waals surface area contributed by atoms with Crippen molar-refractivity contribution in [3.8, 4) is 17.2 Å². The maximum Gasteiger partial charge on any atom is 0.303 e. The summed E-state index contributed by atoms with van der Waals surface area (Å²) in [5.74, 6) is 0.616. The molecule has 0 bridgehead atoms. The van der Waals surface area contributed by atoms with Gasteiger partial charge in [0.1, 0.15) is 0 Å². The van der Waals surface area contributed by atoms with Gasteiger partial charge in [0.05, 0.1) is 21.3 Å². The Morgan fingerprint density at radius 2 is 1.65 bits per heavy atom. The molecule has 128 valence electrons. The number of benzene rings is 1. The van der Waals surface area contributed by atoms with Gasteiger partial charge in [-0.2, -0.15) is 0 Å². The highest BCUT2D eigenvalue weighted by atomic mass is 16.5. The van der Waals surface area contributed by atoms with Gasteiger partial charge in [-0.25, -0.2) is 0 Å². The molecule has 0 radical (unpaired) electrons. The Morgan fingerprint density at radius 3 is 2.13 bits per heavy atom. The fraction of sp³-hybridized carbons (Fsp3) is 0.500. The summed E-state index contributed by atoms with van der Waals surface area (Å²) in [5.41, 5.74) is 0.889. The van der Waals surface area contributed by atoms with Crippen molar-refractivity contribution >= 4 is 11.9 Å². The topological polar surface area (TPSA) is 94.1 Å². The molecule has 0 aromatic heterocycles. The van der Waals surface area contributed by atoms with Crippen molar-refractivity contribution in [2.24, 2.45) is 0 Å². The third kappa shape index (κ3) is 6.06. The maximum absolute atomic E-state index is 11.7. The van der Waals surface area contributed by atoms with Crippen molar-refractivity contribution in [2.45, 2.75) is 25.7 Å². The van der Waals surface area contributed by atoms with E-state index in [1.807, 2.05) is 0 Å². The smallest absolute Gasteiger partial charge is 0.303 e. The zero-order valence-electron chi connectivity index (χ0n) is 13.7. The summed E-state index contributed by atoms with van der Waals surface area (Å²) in [5, 5.41) is 11.2. The lowest BCUT2D eigenvalue weighted by Gasteiger charge is -2.14. The molecule has 0 spiro atoms. The van der Waals surface area contributed by atoms with E-state index >= 15 is 0 Å². The molecule has 0 aliphatic heterocycles. The Balaban J connectivity index is 2.57. The average molecular weight is 325 g/mol. The first-order chi connectivity index (χ1) is 11.0. The second kappa shape index (κ2) is 9.55. The summed E-state index contributed by atoms with van der Waals surface area (Å²) >= 11 is 0. The number of carboxylic acid groups (broad SMARTS) is 1. The minimum absolute atomic E-state index is 0.0488. The molecule has 0 aliphatic rings. The van der Waals surface area contributed by atoms with Crippen LogP contribution in [0.1, 0.15) is 24.8 Å². The van der Waals surface area contributed by atoms with Gasteiger partial charge in [0, 0.05) is 19.4 Å². The maximum atomic E-state index is 11.7. The fourth-order valence-electron chi connectivity index (χ4n) is 2.09. The van der Waals surface area contributed by atoms with Gasteiger partial charge in [-0.15, -0.1) is 0 Å². The molecule has 23 heavy (non-hydrogen) atoms. The van der Waals surface area contributed by atoms with Crippen LogP contribution in [0.25, 0.3) is 0 Å². The van der Waals surface area contributed by atoms with Crippen LogP contribution in [0.4, 0.5) is 0 Å². The summed E-state index contributed by atoms with van der Waals surface area (Å²) in [6.07, 6.45) is 1.28. The van der Waals surface area contributed by atoms with Crippen LogP contribution in [0.15, 0.2) is 12.1 Å². The number of amides is 1. The first kappa shape index (κ1) is 18.6. The number of methoxy groups -OCH3 is 3. The van der Waals surface area contributed by atoms with Gasteiger partial charge in [0.25, 0.3) is 0 Å². The Morgan fingerprint density at radius 1 is 1.04 bits per heavy atom. The molecule has 7 nitrogen and oxygen atoms in total. The molecule has 0 unspecified atom stereocenters. The highest BCUT2D eigenvalue weighted by Crippen LogP contribution is 2.38. The summed E-state index contributed by atoms with van der Waals surface area (Å²) in [6, 6.07) is 3.61. The van der Waals surface area contributed by atoms with Gasteiger partial charge >= 0.3 is 5.97 Å². The molecule has 0 atom stereocenters. The van der Waals surface area contributed by atoms with Crippen molar-refractivity contribution in [1.29, 1.82) is 0 Å². The van der Waals surface area contributed by atoms with Crippen LogP contribution in [-0.2, 0) is 16.0 Å². The number of aliphatic carboxylic acids is 1. The zero-order chi connectivity index (χ0) is 17.2. The van der Waals surface area contributed by atoms with E-state index < -0.39 is 5.97 Å². The third-order valence-electron chi connectivity index (χ3n) is 3.25. The summed E-state index contributed by atoms with van der Waals surface area (Å²) < 4.78 is 15.8. The van der Waals surface area contributed by atoms with Crippen LogP contribution in [0.5, 0.6) is 17.2 Å². The van der Waals surface area contributed by atoms with Gasteiger partial charge in [-0.1, -0.05) is 0 Å². The number of carbonyl (C=O) groups is 2. The minimum atomic E-state index is -0.864. The van der Waals surface area contributed by atoms with E-state index in [4.69, 9.17) is 19.3 Å². The number of carboxylic acids is 1. The van der Waals surface area contributed by atoms with E-state index in [2.05, 4.69) is 5.32 Å². The standard InChI is InChI=1S/C16H23NO6/c1-21-12-9-11(10-13(22-2)16(12)23-3)6-7-14(18)17-8-4-5-15(19)20/h9-10H,4-8H2,1-3H3,(H,17,18)(H,19,20). The molecular weight excluding hydrogens is 302 g/mol. The van der Waals surface area contributed by atoms with Crippen LogP contribution >= 0.6 is 0 Å². The number of nitrogens with one attached hydrogen (secondary N) is 1. The number of rotatable bonds is 10. The van der Waals surface area contributed by atoms with E-state index in [9.17, 15) is 9.59 Å². The first-order valence-electron chi connectivity index (χ1n) is 7.29. The summed E-state index contributed by atoms with van der Waals surface area (Å²) in [7, 11) is 4.61. The van der Waals surface area contributed by atoms with Gasteiger partial charge < -0.3 is 24.6 Å². The predicted octanol–water partition coefficient (Wildman–Crippen LogP) is 1.63. The SMILES string of the molecule is COc1cc(CCC(=O)NCCCC(=O)O)cc(OC)c1OC. The van der Waals surface area contributed by atoms with Crippen molar-refractivity contribution in [3.63, 3.8) is 0 Å². The Hall–Kier alpha value is -2.44. The quantitative estimate of drug-likeness (QED) is 0.635. The Labute approximate surface area is 135 Å². The lowest BCUT2D eigenvalue weighted by atomic mass is 10.1. The normalized spacial score (nSPS) is 10.0. The van der Waals surface area contributed by atoms with Crippen LogP contribution in [0, 0.1) is 0 Å². The summed E-state index contributed by atoms with van der Waals surface area (Å²) in [6.45, 7) is 0.361. The van der Waals surface area contributed by atoms with Gasteiger partial charge in [0.15, 0.2) is 11.5 Å². The molecule has 0 saturated heterocycles. The lowest BCUT2D eigenvalue weighted by Crippen LogP contribution is -2.25. The molecule has 1 aromatic rings. The van der Waals surface area contributed by atoms with E-state index in [0.717, 1.165) is 5.56 Å². The van der Waals surface area contributed by atoms with Crippen molar-refractivity contribution in [1.82, 2.24) is 5.32 Å². The number of aryl methyl sites for hydroxylation is 1. The van der Waals surface area contributed by atoms with Gasteiger partial charge in [-0.05, 0) is 30.5 Å². The predicted molar refractivity (Wildman–Crippen MR) is 84.3 cm³/mol. The monoisotopic (exact) mass is 325 g/mol. The van der Waals surface area contributed by atoms with Crippen LogP contribution < -0.4 is 19.5 Å². The Bertz CT molecular complexity index is 518. The van der Waals surface area contributed by atoms with Crippen molar-refractivity contribution in [2.75, 3.05) is 27.9 Å². The first-order valence-corrected chi connectivity index (χ1v) is 7.29. The molecule has 1 amide bonds. The second-order valence-electron chi connectivity index (χ2n) is 4.88. The van der Waals surface area contributed by atoms with Crippen LogP contribution in [0.3, 0.4) is 0 Å². The van der Waals surface area contributed by atoms with Crippen LogP contribution in [-0.4, -0.2) is 44.9 Å². The molecule has 1 rings (SSSR count). The third-order valence-corrected chi connectivity index (χ3v) is 3.25. The van der Waals surface area contributed by atoms with E-state index in [1.165, 1.54) is 21.3 Å². The molecule has 0 aliphatic carbocycles. The molecule has 7 heteroatoms. The van der Waals surface area contributed by atoms with Crippen molar-refractivity contribution < 1.29 is 28.9 Å². The summed E-state index contributed by atoms with van der Waals surface area (Å²) in [4.78, 5) is 22.1. The zero-order valence-corrected chi connectivity index (χ0v) is 13.7. The number of carbonyl (C=O) groups excluding carboxylic acids is 1.